The van der Waals surface area contributed by atoms with E-state index in [1.807, 2.05) is 24.3 Å². The fourth-order valence-corrected chi connectivity index (χ4v) is 3.32. The fourth-order valence-electron chi connectivity index (χ4n) is 2.64. The molecule has 0 aliphatic carbocycles. The minimum absolute atomic E-state index is 0.345. The van der Waals surface area contributed by atoms with Crippen LogP contribution in [0.1, 0.15) is 35.2 Å². The Morgan fingerprint density at radius 1 is 0.793 bits per heavy atom. The van der Waals surface area contributed by atoms with Gasteiger partial charge in [0.05, 0.1) is 18.1 Å². The first-order valence-corrected chi connectivity index (χ1v) is 10.1. The SMILES string of the molecule is O=Cc1ccc(OCCCCCOc2ccc(/C=C3/SC(=O)NC3=O)cc2)cc1. The summed E-state index contributed by atoms with van der Waals surface area (Å²) in [5, 5.41) is 1.89. The molecular formula is C22H21NO5S. The highest BCUT2D eigenvalue weighted by Crippen LogP contribution is 2.26. The molecule has 1 N–H and O–H groups in total. The van der Waals surface area contributed by atoms with Crippen LogP contribution in [0.3, 0.4) is 0 Å². The molecule has 2 aromatic carbocycles. The van der Waals surface area contributed by atoms with Crippen molar-refractivity contribution in [3.8, 4) is 11.5 Å². The topological polar surface area (TPSA) is 81.7 Å². The normalized spacial score (nSPS) is 14.7. The Labute approximate surface area is 173 Å². The quantitative estimate of drug-likeness (QED) is 0.353. The number of imide groups is 1. The van der Waals surface area contributed by atoms with Gasteiger partial charge < -0.3 is 9.47 Å². The Kier molecular flexibility index (Phi) is 7.47. The van der Waals surface area contributed by atoms with E-state index in [-0.39, 0.29) is 11.1 Å². The Balaban J connectivity index is 1.31. The molecule has 2 aromatic rings. The van der Waals surface area contributed by atoms with Crippen molar-refractivity contribution in [2.24, 2.45) is 0 Å². The maximum Gasteiger partial charge on any atom is 0.290 e. The van der Waals surface area contributed by atoms with Gasteiger partial charge in [-0.15, -0.1) is 0 Å². The summed E-state index contributed by atoms with van der Waals surface area (Å²) in [7, 11) is 0. The van der Waals surface area contributed by atoms with Crippen molar-refractivity contribution in [3.63, 3.8) is 0 Å². The molecule has 1 aliphatic rings. The van der Waals surface area contributed by atoms with E-state index in [1.54, 1.807) is 30.3 Å². The average molecular weight is 411 g/mol. The second kappa shape index (κ2) is 10.5. The molecule has 3 rings (SSSR count). The third kappa shape index (κ3) is 6.50. The molecule has 0 spiro atoms. The first-order valence-electron chi connectivity index (χ1n) is 9.30. The number of amides is 2. The number of nitrogens with one attached hydrogen (secondary N) is 1. The molecule has 0 radical (unpaired) electrons. The van der Waals surface area contributed by atoms with Gasteiger partial charge in [0, 0.05) is 5.56 Å². The molecule has 150 valence electrons. The summed E-state index contributed by atoms with van der Waals surface area (Å²) in [4.78, 5) is 33.7. The summed E-state index contributed by atoms with van der Waals surface area (Å²) in [5.74, 6) is 1.17. The highest BCUT2D eigenvalue weighted by molar-refractivity contribution is 8.18. The number of carbonyl (C=O) groups is 3. The summed E-state index contributed by atoms with van der Waals surface area (Å²) in [6.45, 7) is 1.24. The second-order valence-electron chi connectivity index (χ2n) is 6.37. The molecule has 6 nitrogen and oxygen atoms in total. The Morgan fingerprint density at radius 3 is 1.83 bits per heavy atom. The maximum absolute atomic E-state index is 11.5. The van der Waals surface area contributed by atoms with Crippen LogP contribution in [0.25, 0.3) is 6.08 Å². The molecule has 1 saturated heterocycles. The Bertz CT molecular complexity index is 890. The fraction of sp³-hybridized carbons (Fsp3) is 0.227. The van der Waals surface area contributed by atoms with Gasteiger partial charge in [0.2, 0.25) is 0 Å². The highest BCUT2D eigenvalue weighted by Gasteiger charge is 2.24. The van der Waals surface area contributed by atoms with Crippen LogP contribution in [0.15, 0.2) is 53.4 Å². The number of aldehydes is 1. The lowest BCUT2D eigenvalue weighted by Crippen LogP contribution is -2.17. The largest absolute Gasteiger partial charge is 0.494 e. The van der Waals surface area contributed by atoms with Crippen molar-refractivity contribution in [2.45, 2.75) is 19.3 Å². The zero-order chi connectivity index (χ0) is 20.5. The van der Waals surface area contributed by atoms with E-state index in [4.69, 9.17) is 9.47 Å². The summed E-state index contributed by atoms with van der Waals surface area (Å²) in [5.41, 5.74) is 1.47. The van der Waals surface area contributed by atoms with E-state index < -0.39 is 0 Å². The lowest BCUT2D eigenvalue weighted by molar-refractivity contribution is -0.115. The van der Waals surface area contributed by atoms with Crippen molar-refractivity contribution in [1.29, 1.82) is 0 Å². The van der Waals surface area contributed by atoms with Gasteiger partial charge >= 0.3 is 0 Å². The summed E-state index contributed by atoms with van der Waals surface area (Å²) < 4.78 is 11.4. The molecule has 0 saturated carbocycles. The number of rotatable bonds is 10. The van der Waals surface area contributed by atoms with Gasteiger partial charge in [-0.3, -0.25) is 19.7 Å². The van der Waals surface area contributed by atoms with Gasteiger partial charge in [-0.2, -0.15) is 0 Å². The second-order valence-corrected chi connectivity index (χ2v) is 7.38. The molecule has 0 unspecified atom stereocenters. The van der Waals surface area contributed by atoms with E-state index in [0.29, 0.717) is 23.7 Å². The van der Waals surface area contributed by atoms with Crippen LogP contribution >= 0.6 is 11.8 Å². The molecule has 0 bridgehead atoms. The smallest absolute Gasteiger partial charge is 0.290 e. The number of hydrogen-bond acceptors (Lipinski definition) is 6. The minimum atomic E-state index is -0.359. The number of thioether (sulfide) groups is 1. The third-order valence-electron chi connectivity index (χ3n) is 4.16. The van der Waals surface area contributed by atoms with Crippen molar-refractivity contribution in [2.75, 3.05) is 13.2 Å². The first-order chi connectivity index (χ1) is 14.1. The van der Waals surface area contributed by atoms with E-state index >= 15 is 0 Å². The van der Waals surface area contributed by atoms with Gasteiger partial charge in [-0.25, -0.2) is 0 Å². The van der Waals surface area contributed by atoms with Gasteiger partial charge in [0.1, 0.15) is 17.8 Å². The van der Waals surface area contributed by atoms with Gasteiger partial charge in [-0.1, -0.05) is 12.1 Å². The van der Waals surface area contributed by atoms with Gasteiger partial charge in [-0.05, 0) is 79.1 Å². The molecule has 1 fully saturated rings. The van der Waals surface area contributed by atoms with Crippen LogP contribution in [-0.4, -0.2) is 30.6 Å². The number of carbonyl (C=O) groups excluding carboxylic acids is 3. The molecule has 0 aromatic heterocycles. The van der Waals surface area contributed by atoms with Crippen molar-refractivity contribution < 1.29 is 23.9 Å². The zero-order valence-corrected chi connectivity index (χ0v) is 16.6. The molecule has 1 aliphatic heterocycles. The molecule has 7 heteroatoms. The van der Waals surface area contributed by atoms with Crippen molar-refractivity contribution in [3.05, 3.63) is 64.6 Å². The predicted octanol–water partition coefficient (Wildman–Crippen LogP) is 4.45. The molecule has 29 heavy (non-hydrogen) atoms. The summed E-state index contributed by atoms with van der Waals surface area (Å²) in [6, 6.07) is 14.4. The van der Waals surface area contributed by atoms with E-state index in [1.165, 1.54) is 0 Å². The Morgan fingerprint density at radius 2 is 1.34 bits per heavy atom. The molecular weight excluding hydrogens is 390 g/mol. The zero-order valence-electron chi connectivity index (χ0n) is 15.8. The number of ether oxygens (including phenoxy) is 2. The summed E-state index contributed by atoms with van der Waals surface area (Å²) >= 11 is 0.902. The molecule has 1 heterocycles. The minimum Gasteiger partial charge on any atom is -0.494 e. The Hall–Kier alpha value is -3.06. The first kappa shape index (κ1) is 20.7. The molecule has 2 amide bonds. The monoisotopic (exact) mass is 411 g/mol. The predicted molar refractivity (Wildman–Crippen MR) is 112 cm³/mol. The third-order valence-corrected chi connectivity index (χ3v) is 4.97. The van der Waals surface area contributed by atoms with E-state index in [0.717, 1.165) is 54.4 Å². The highest BCUT2D eigenvalue weighted by atomic mass is 32.2. The van der Waals surface area contributed by atoms with Crippen LogP contribution in [0.4, 0.5) is 4.79 Å². The van der Waals surface area contributed by atoms with Crippen LogP contribution in [0, 0.1) is 0 Å². The van der Waals surface area contributed by atoms with E-state index in [2.05, 4.69) is 5.32 Å². The van der Waals surface area contributed by atoms with Crippen LogP contribution in [-0.2, 0) is 4.79 Å². The van der Waals surface area contributed by atoms with Crippen LogP contribution < -0.4 is 14.8 Å². The lowest BCUT2D eigenvalue weighted by atomic mass is 10.2. The average Bonchev–Trinajstić information content (AvgIpc) is 3.05. The summed E-state index contributed by atoms with van der Waals surface area (Å²) in [6.07, 6.45) is 5.31. The van der Waals surface area contributed by atoms with Crippen LogP contribution in [0.5, 0.6) is 11.5 Å². The number of benzene rings is 2. The van der Waals surface area contributed by atoms with Crippen molar-refractivity contribution >= 4 is 35.3 Å². The molecule has 0 atom stereocenters. The van der Waals surface area contributed by atoms with Crippen molar-refractivity contribution in [1.82, 2.24) is 5.32 Å². The number of unbranched alkanes of at least 4 members (excludes halogenated alkanes) is 2. The van der Waals surface area contributed by atoms with Crippen LogP contribution in [0.2, 0.25) is 0 Å². The van der Waals surface area contributed by atoms with Gasteiger partial charge in [0.25, 0.3) is 11.1 Å². The maximum atomic E-state index is 11.5. The number of hydrogen-bond donors (Lipinski definition) is 1. The van der Waals surface area contributed by atoms with Gasteiger partial charge in [0.15, 0.2) is 0 Å². The van der Waals surface area contributed by atoms with E-state index in [9.17, 15) is 14.4 Å². The standard InChI is InChI=1S/C22H21NO5S/c24-15-17-6-10-19(11-7-17)28-13-3-1-2-12-27-18-8-4-16(5-9-18)14-20-21(25)23-22(26)29-20/h4-11,14-15H,1-3,12-13H2,(H,23,25,26)/b20-14+. The lowest BCUT2D eigenvalue weighted by Gasteiger charge is -2.08.